The summed E-state index contributed by atoms with van der Waals surface area (Å²) in [5.74, 6) is 0.827. The van der Waals surface area contributed by atoms with E-state index >= 15 is 0 Å². The summed E-state index contributed by atoms with van der Waals surface area (Å²) in [6.45, 7) is 2.31. The number of likely N-dealkylation sites (N-methyl/N-ethyl adjacent to an activating group) is 1. The van der Waals surface area contributed by atoms with Crippen LogP contribution in [0, 0.1) is 5.92 Å². The standard InChI is InChI=1S/C13H17BrN2/c1-16-12-8-15-6-5-9(12)7-10-3-2-4-11(14)13(10)16/h2-4,9,12,15H,5-8H2,1H3. The molecule has 0 radical (unpaired) electrons. The first kappa shape index (κ1) is 10.6. The minimum Gasteiger partial charge on any atom is -0.369 e. The molecule has 1 fully saturated rings. The lowest BCUT2D eigenvalue weighted by Crippen LogP contribution is -2.53. The van der Waals surface area contributed by atoms with Gasteiger partial charge in [-0.2, -0.15) is 0 Å². The number of halogens is 1. The van der Waals surface area contributed by atoms with Crippen molar-refractivity contribution in [3.63, 3.8) is 0 Å². The minimum atomic E-state index is 0.667. The quantitative estimate of drug-likeness (QED) is 0.785. The van der Waals surface area contributed by atoms with Gasteiger partial charge in [-0.05, 0) is 52.9 Å². The second kappa shape index (κ2) is 4.04. The van der Waals surface area contributed by atoms with Crippen LogP contribution in [0.25, 0.3) is 0 Å². The van der Waals surface area contributed by atoms with E-state index in [9.17, 15) is 0 Å². The maximum atomic E-state index is 3.68. The molecule has 0 aliphatic carbocycles. The molecule has 16 heavy (non-hydrogen) atoms. The van der Waals surface area contributed by atoms with E-state index in [0.717, 1.165) is 12.5 Å². The number of nitrogens with zero attached hydrogens (tertiary/aromatic N) is 1. The van der Waals surface area contributed by atoms with E-state index in [2.05, 4.69) is 51.4 Å². The molecule has 0 bridgehead atoms. The summed E-state index contributed by atoms with van der Waals surface area (Å²) < 4.78 is 1.23. The lowest BCUT2D eigenvalue weighted by atomic mass is 9.82. The number of anilines is 1. The molecule has 1 N–H and O–H groups in total. The van der Waals surface area contributed by atoms with Crippen molar-refractivity contribution < 1.29 is 0 Å². The van der Waals surface area contributed by atoms with Crippen LogP contribution in [-0.4, -0.2) is 26.2 Å². The highest BCUT2D eigenvalue weighted by Gasteiger charge is 2.34. The highest BCUT2D eigenvalue weighted by molar-refractivity contribution is 9.10. The Morgan fingerprint density at radius 2 is 2.31 bits per heavy atom. The number of nitrogens with one attached hydrogen (secondary N) is 1. The van der Waals surface area contributed by atoms with Crippen LogP contribution in [0.15, 0.2) is 22.7 Å². The fraction of sp³-hybridized carbons (Fsp3) is 0.538. The molecular formula is C13H17BrN2. The summed E-state index contributed by atoms with van der Waals surface area (Å²) in [6.07, 6.45) is 2.55. The number of para-hydroxylation sites is 1. The van der Waals surface area contributed by atoms with Gasteiger partial charge < -0.3 is 10.2 Å². The molecule has 3 rings (SSSR count). The molecule has 86 valence electrons. The fourth-order valence-corrected chi connectivity index (χ4v) is 3.84. The maximum Gasteiger partial charge on any atom is 0.0543 e. The van der Waals surface area contributed by atoms with Gasteiger partial charge in [0.05, 0.1) is 5.69 Å². The number of hydrogen-bond acceptors (Lipinski definition) is 2. The summed E-state index contributed by atoms with van der Waals surface area (Å²) in [6, 6.07) is 7.23. The summed E-state index contributed by atoms with van der Waals surface area (Å²) >= 11 is 3.68. The summed E-state index contributed by atoms with van der Waals surface area (Å²) in [4.78, 5) is 2.46. The smallest absolute Gasteiger partial charge is 0.0543 e. The highest BCUT2D eigenvalue weighted by Crippen LogP contribution is 2.39. The zero-order valence-electron chi connectivity index (χ0n) is 9.54. The molecular weight excluding hydrogens is 264 g/mol. The summed E-state index contributed by atoms with van der Waals surface area (Å²) in [5, 5.41) is 3.51. The molecule has 1 aromatic rings. The van der Waals surface area contributed by atoms with Gasteiger partial charge in [-0.25, -0.2) is 0 Å². The molecule has 2 aliphatic rings. The molecule has 1 saturated heterocycles. The van der Waals surface area contributed by atoms with Crippen molar-refractivity contribution in [1.82, 2.24) is 5.32 Å². The van der Waals surface area contributed by atoms with Crippen LogP contribution in [0.3, 0.4) is 0 Å². The van der Waals surface area contributed by atoms with E-state index in [1.54, 1.807) is 0 Å². The van der Waals surface area contributed by atoms with Crippen LogP contribution in [-0.2, 0) is 6.42 Å². The number of benzene rings is 1. The van der Waals surface area contributed by atoms with Gasteiger partial charge in [0.15, 0.2) is 0 Å². The number of hydrogen-bond donors (Lipinski definition) is 1. The average molecular weight is 281 g/mol. The Morgan fingerprint density at radius 3 is 3.19 bits per heavy atom. The Labute approximate surface area is 105 Å². The predicted octanol–water partition coefficient (Wildman–Crippen LogP) is 2.42. The molecule has 0 aromatic heterocycles. The molecule has 3 heteroatoms. The third-order valence-electron chi connectivity index (χ3n) is 3.99. The zero-order valence-corrected chi connectivity index (χ0v) is 11.1. The van der Waals surface area contributed by atoms with Crippen LogP contribution < -0.4 is 10.2 Å². The SMILES string of the molecule is CN1c2c(Br)cccc2CC2CCNCC21. The molecule has 0 amide bonds. The van der Waals surface area contributed by atoms with Crippen LogP contribution >= 0.6 is 15.9 Å². The second-order valence-corrected chi connectivity index (χ2v) is 5.74. The topological polar surface area (TPSA) is 15.3 Å². The van der Waals surface area contributed by atoms with Gasteiger partial charge >= 0.3 is 0 Å². The third kappa shape index (κ3) is 1.57. The lowest BCUT2D eigenvalue weighted by molar-refractivity contribution is 0.302. The number of rotatable bonds is 0. The van der Waals surface area contributed by atoms with Crippen molar-refractivity contribution in [1.29, 1.82) is 0 Å². The van der Waals surface area contributed by atoms with Crippen molar-refractivity contribution in [2.45, 2.75) is 18.9 Å². The normalized spacial score (nSPS) is 28.5. The van der Waals surface area contributed by atoms with E-state index in [4.69, 9.17) is 0 Å². The Balaban J connectivity index is 2.03. The Kier molecular flexibility index (Phi) is 2.68. The van der Waals surface area contributed by atoms with Crippen LogP contribution in [0.4, 0.5) is 5.69 Å². The van der Waals surface area contributed by atoms with Gasteiger partial charge in [0.25, 0.3) is 0 Å². The Hall–Kier alpha value is -0.540. The molecule has 0 saturated carbocycles. The largest absolute Gasteiger partial charge is 0.369 e. The zero-order chi connectivity index (χ0) is 11.1. The second-order valence-electron chi connectivity index (χ2n) is 4.88. The first-order valence-electron chi connectivity index (χ1n) is 5.98. The van der Waals surface area contributed by atoms with Crippen molar-refractivity contribution >= 4 is 21.6 Å². The molecule has 2 atom stereocenters. The first-order valence-corrected chi connectivity index (χ1v) is 6.77. The summed E-state index contributed by atoms with van der Waals surface area (Å²) in [7, 11) is 2.23. The molecule has 1 aromatic carbocycles. The Bertz CT molecular complexity index is 405. The van der Waals surface area contributed by atoms with Gasteiger partial charge in [0.1, 0.15) is 0 Å². The molecule has 2 nitrogen and oxygen atoms in total. The van der Waals surface area contributed by atoms with Crippen molar-refractivity contribution in [3.05, 3.63) is 28.2 Å². The maximum absolute atomic E-state index is 3.68. The van der Waals surface area contributed by atoms with E-state index in [0.29, 0.717) is 6.04 Å². The van der Waals surface area contributed by atoms with Gasteiger partial charge in [-0.3, -0.25) is 0 Å². The van der Waals surface area contributed by atoms with Gasteiger partial charge in [-0.1, -0.05) is 12.1 Å². The Morgan fingerprint density at radius 1 is 1.44 bits per heavy atom. The number of piperidine rings is 1. The minimum absolute atomic E-state index is 0.667. The average Bonchev–Trinajstić information content (AvgIpc) is 2.29. The highest BCUT2D eigenvalue weighted by atomic mass is 79.9. The molecule has 0 spiro atoms. The fourth-order valence-electron chi connectivity index (χ4n) is 3.16. The van der Waals surface area contributed by atoms with Gasteiger partial charge in [-0.15, -0.1) is 0 Å². The van der Waals surface area contributed by atoms with E-state index < -0.39 is 0 Å². The van der Waals surface area contributed by atoms with E-state index in [-0.39, 0.29) is 0 Å². The van der Waals surface area contributed by atoms with E-state index in [1.807, 2.05) is 0 Å². The van der Waals surface area contributed by atoms with Crippen molar-refractivity contribution in [2.24, 2.45) is 5.92 Å². The van der Waals surface area contributed by atoms with Crippen LogP contribution in [0.5, 0.6) is 0 Å². The van der Waals surface area contributed by atoms with Gasteiger partial charge in [0.2, 0.25) is 0 Å². The summed E-state index contributed by atoms with van der Waals surface area (Å²) in [5.41, 5.74) is 2.90. The first-order chi connectivity index (χ1) is 7.77. The number of fused-ring (bicyclic) bond motifs is 2. The molecule has 2 unspecified atom stereocenters. The van der Waals surface area contributed by atoms with Crippen molar-refractivity contribution in [3.8, 4) is 0 Å². The molecule has 2 heterocycles. The van der Waals surface area contributed by atoms with E-state index in [1.165, 1.54) is 35.1 Å². The van der Waals surface area contributed by atoms with Gasteiger partial charge in [0, 0.05) is 24.1 Å². The predicted molar refractivity (Wildman–Crippen MR) is 71.0 cm³/mol. The van der Waals surface area contributed by atoms with Crippen molar-refractivity contribution in [2.75, 3.05) is 25.0 Å². The van der Waals surface area contributed by atoms with Crippen LogP contribution in [0.2, 0.25) is 0 Å². The van der Waals surface area contributed by atoms with Crippen LogP contribution in [0.1, 0.15) is 12.0 Å². The molecule has 2 aliphatic heterocycles. The lowest BCUT2D eigenvalue weighted by Gasteiger charge is -2.45. The third-order valence-corrected chi connectivity index (χ3v) is 4.63. The monoisotopic (exact) mass is 280 g/mol.